The molecule has 0 aromatic heterocycles. The molecular formula is C14H25N3O3. The minimum atomic E-state index is -0.449. The lowest BCUT2D eigenvalue weighted by atomic mass is 9.88. The van der Waals surface area contributed by atoms with Crippen molar-refractivity contribution in [2.24, 2.45) is 5.92 Å². The Labute approximate surface area is 120 Å². The van der Waals surface area contributed by atoms with Crippen molar-refractivity contribution in [3.8, 4) is 0 Å². The lowest BCUT2D eigenvalue weighted by molar-refractivity contribution is -0.122. The molecule has 0 aliphatic carbocycles. The summed E-state index contributed by atoms with van der Waals surface area (Å²) in [6.07, 6.45) is 1.58. The molecule has 2 amide bonds. The van der Waals surface area contributed by atoms with Crippen LogP contribution in [0.4, 0.5) is 4.79 Å². The van der Waals surface area contributed by atoms with E-state index in [0.29, 0.717) is 25.6 Å². The Hall–Kier alpha value is -1.30. The van der Waals surface area contributed by atoms with Gasteiger partial charge in [-0.2, -0.15) is 0 Å². The van der Waals surface area contributed by atoms with Crippen molar-refractivity contribution in [2.75, 3.05) is 26.2 Å². The van der Waals surface area contributed by atoms with Crippen LogP contribution in [0.1, 0.15) is 33.6 Å². The third-order valence-corrected chi connectivity index (χ3v) is 3.76. The normalized spacial score (nSPS) is 25.2. The van der Waals surface area contributed by atoms with E-state index in [-0.39, 0.29) is 18.0 Å². The molecule has 2 aliphatic heterocycles. The fraction of sp³-hybridized carbons (Fsp3) is 0.857. The molecule has 2 aliphatic rings. The SMILES string of the molecule is CC(C)(C)OC(=O)N1CCC(C2CNCC(=O)N2)CC1. The Balaban J connectivity index is 1.80. The van der Waals surface area contributed by atoms with Crippen molar-refractivity contribution < 1.29 is 14.3 Å². The number of rotatable bonds is 1. The summed E-state index contributed by atoms with van der Waals surface area (Å²) in [7, 11) is 0. The molecule has 6 nitrogen and oxygen atoms in total. The van der Waals surface area contributed by atoms with Gasteiger partial charge in [0.1, 0.15) is 5.60 Å². The van der Waals surface area contributed by atoms with Gasteiger partial charge in [0.2, 0.25) is 5.91 Å². The van der Waals surface area contributed by atoms with E-state index >= 15 is 0 Å². The molecule has 0 radical (unpaired) electrons. The van der Waals surface area contributed by atoms with Gasteiger partial charge in [0.25, 0.3) is 0 Å². The number of hydrogen-bond acceptors (Lipinski definition) is 4. The number of hydrogen-bond donors (Lipinski definition) is 2. The number of piperidine rings is 1. The average molecular weight is 283 g/mol. The molecule has 2 fully saturated rings. The maximum atomic E-state index is 12.0. The van der Waals surface area contributed by atoms with Gasteiger partial charge >= 0.3 is 6.09 Å². The van der Waals surface area contributed by atoms with Crippen molar-refractivity contribution in [3.05, 3.63) is 0 Å². The predicted molar refractivity (Wildman–Crippen MR) is 75.3 cm³/mol. The van der Waals surface area contributed by atoms with Crippen LogP contribution in [0.15, 0.2) is 0 Å². The Morgan fingerprint density at radius 1 is 1.30 bits per heavy atom. The van der Waals surface area contributed by atoms with E-state index in [9.17, 15) is 9.59 Å². The van der Waals surface area contributed by atoms with Crippen LogP contribution in [0.3, 0.4) is 0 Å². The first-order valence-corrected chi connectivity index (χ1v) is 7.33. The van der Waals surface area contributed by atoms with E-state index in [1.165, 1.54) is 0 Å². The molecule has 1 atom stereocenters. The Morgan fingerprint density at radius 2 is 1.95 bits per heavy atom. The van der Waals surface area contributed by atoms with Crippen LogP contribution in [0, 0.1) is 5.92 Å². The zero-order valence-corrected chi connectivity index (χ0v) is 12.6. The van der Waals surface area contributed by atoms with E-state index in [4.69, 9.17) is 4.74 Å². The number of piperazine rings is 1. The standard InChI is InChI=1S/C14H25N3O3/c1-14(2,3)20-13(19)17-6-4-10(5-7-17)11-8-15-9-12(18)16-11/h10-11,15H,4-9H2,1-3H3,(H,16,18). The van der Waals surface area contributed by atoms with Gasteiger partial charge in [-0.05, 0) is 39.5 Å². The zero-order valence-electron chi connectivity index (χ0n) is 12.6. The van der Waals surface area contributed by atoms with Gasteiger partial charge in [-0.3, -0.25) is 4.79 Å². The molecule has 20 heavy (non-hydrogen) atoms. The topological polar surface area (TPSA) is 70.7 Å². The molecule has 0 aromatic carbocycles. The summed E-state index contributed by atoms with van der Waals surface area (Å²) in [5, 5.41) is 6.16. The number of carbonyl (C=O) groups is 2. The summed E-state index contributed by atoms with van der Waals surface area (Å²) < 4.78 is 5.38. The zero-order chi connectivity index (χ0) is 14.8. The van der Waals surface area contributed by atoms with Crippen molar-refractivity contribution in [1.29, 1.82) is 0 Å². The first-order chi connectivity index (χ1) is 9.35. The summed E-state index contributed by atoms with van der Waals surface area (Å²) in [5.41, 5.74) is -0.449. The predicted octanol–water partition coefficient (Wildman–Crippen LogP) is 0.722. The molecule has 1 unspecified atom stereocenters. The molecule has 2 rings (SSSR count). The van der Waals surface area contributed by atoms with E-state index < -0.39 is 5.60 Å². The molecular weight excluding hydrogens is 258 g/mol. The van der Waals surface area contributed by atoms with Crippen LogP contribution < -0.4 is 10.6 Å². The third-order valence-electron chi connectivity index (χ3n) is 3.76. The molecule has 6 heteroatoms. The second-order valence-electron chi connectivity index (χ2n) is 6.61. The summed E-state index contributed by atoms with van der Waals surface area (Å²) >= 11 is 0. The van der Waals surface area contributed by atoms with Crippen molar-refractivity contribution in [2.45, 2.75) is 45.3 Å². The fourth-order valence-electron chi connectivity index (χ4n) is 2.75. The van der Waals surface area contributed by atoms with Crippen LogP contribution in [0.2, 0.25) is 0 Å². The van der Waals surface area contributed by atoms with Gasteiger partial charge in [-0.1, -0.05) is 0 Å². The van der Waals surface area contributed by atoms with Gasteiger partial charge in [0, 0.05) is 25.7 Å². The van der Waals surface area contributed by atoms with Crippen LogP contribution in [-0.2, 0) is 9.53 Å². The molecule has 0 aromatic rings. The monoisotopic (exact) mass is 283 g/mol. The van der Waals surface area contributed by atoms with Crippen molar-refractivity contribution in [3.63, 3.8) is 0 Å². The molecule has 0 spiro atoms. The highest BCUT2D eigenvalue weighted by atomic mass is 16.6. The number of likely N-dealkylation sites (tertiary alicyclic amines) is 1. The highest BCUT2D eigenvalue weighted by Crippen LogP contribution is 2.22. The largest absolute Gasteiger partial charge is 0.444 e. The Morgan fingerprint density at radius 3 is 2.50 bits per heavy atom. The molecule has 0 bridgehead atoms. The molecule has 114 valence electrons. The second-order valence-corrected chi connectivity index (χ2v) is 6.61. The van der Waals surface area contributed by atoms with Gasteiger partial charge in [0.05, 0.1) is 6.54 Å². The third kappa shape index (κ3) is 4.10. The fourth-order valence-corrected chi connectivity index (χ4v) is 2.75. The number of nitrogens with one attached hydrogen (secondary N) is 2. The quantitative estimate of drug-likeness (QED) is 0.744. The Bertz CT molecular complexity index is 370. The van der Waals surface area contributed by atoms with Crippen molar-refractivity contribution >= 4 is 12.0 Å². The number of nitrogens with zero attached hydrogens (tertiary/aromatic N) is 1. The second kappa shape index (κ2) is 5.99. The maximum Gasteiger partial charge on any atom is 0.410 e. The van der Waals surface area contributed by atoms with E-state index in [1.807, 2.05) is 20.8 Å². The lowest BCUT2D eigenvalue weighted by Crippen LogP contribution is -2.57. The van der Waals surface area contributed by atoms with E-state index in [2.05, 4.69) is 10.6 Å². The van der Waals surface area contributed by atoms with Crippen LogP contribution in [0.25, 0.3) is 0 Å². The summed E-state index contributed by atoms with van der Waals surface area (Å²) in [6, 6.07) is 0.192. The van der Waals surface area contributed by atoms with E-state index in [0.717, 1.165) is 19.4 Å². The van der Waals surface area contributed by atoms with Crippen LogP contribution in [0.5, 0.6) is 0 Å². The lowest BCUT2D eigenvalue weighted by Gasteiger charge is -2.38. The minimum Gasteiger partial charge on any atom is -0.444 e. The van der Waals surface area contributed by atoms with Crippen LogP contribution in [-0.4, -0.2) is 54.7 Å². The first-order valence-electron chi connectivity index (χ1n) is 7.33. The van der Waals surface area contributed by atoms with Gasteiger partial charge in [0.15, 0.2) is 0 Å². The summed E-state index contributed by atoms with van der Waals surface area (Å²) in [4.78, 5) is 25.1. The van der Waals surface area contributed by atoms with Gasteiger partial charge < -0.3 is 20.3 Å². The van der Waals surface area contributed by atoms with Crippen LogP contribution >= 0.6 is 0 Å². The molecule has 2 heterocycles. The molecule has 2 N–H and O–H groups in total. The Kier molecular flexibility index (Phi) is 4.52. The first kappa shape index (κ1) is 15.1. The minimum absolute atomic E-state index is 0.0656. The number of carbonyl (C=O) groups excluding carboxylic acids is 2. The average Bonchev–Trinajstić information content (AvgIpc) is 2.37. The molecule has 2 saturated heterocycles. The number of ether oxygens (including phenoxy) is 1. The molecule has 0 saturated carbocycles. The van der Waals surface area contributed by atoms with Gasteiger partial charge in [-0.15, -0.1) is 0 Å². The highest BCUT2D eigenvalue weighted by molar-refractivity contribution is 5.79. The summed E-state index contributed by atoms with van der Waals surface area (Å²) in [6.45, 7) is 8.26. The summed E-state index contributed by atoms with van der Waals surface area (Å²) in [5.74, 6) is 0.501. The van der Waals surface area contributed by atoms with E-state index in [1.54, 1.807) is 4.90 Å². The highest BCUT2D eigenvalue weighted by Gasteiger charge is 2.32. The maximum absolute atomic E-state index is 12.0. The number of amides is 2. The van der Waals surface area contributed by atoms with Gasteiger partial charge in [-0.25, -0.2) is 4.79 Å². The van der Waals surface area contributed by atoms with Crippen molar-refractivity contribution in [1.82, 2.24) is 15.5 Å². The smallest absolute Gasteiger partial charge is 0.410 e.